The number of hydrogen-bond acceptors (Lipinski definition) is 5. The molecule has 172 valence electrons. The van der Waals surface area contributed by atoms with Crippen LogP contribution < -0.4 is 10.0 Å². The van der Waals surface area contributed by atoms with Gasteiger partial charge in [0.2, 0.25) is 10.0 Å². The van der Waals surface area contributed by atoms with Crippen molar-refractivity contribution in [2.45, 2.75) is 30.7 Å². The van der Waals surface area contributed by atoms with Gasteiger partial charge in [0, 0.05) is 30.4 Å². The summed E-state index contributed by atoms with van der Waals surface area (Å²) in [6.07, 6.45) is 2.50. The Balaban J connectivity index is 1.31. The molecule has 3 aromatic rings. The zero-order valence-electron chi connectivity index (χ0n) is 18.2. The monoisotopic (exact) mass is 467 g/mol. The highest BCUT2D eigenvalue weighted by molar-refractivity contribution is 7.89. The molecule has 1 fully saturated rings. The Hall–Kier alpha value is -3.43. The van der Waals surface area contributed by atoms with Crippen molar-refractivity contribution in [1.82, 2.24) is 9.62 Å². The van der Waals surface area contributed by atoms with E-state index in [1.165, 1.54) is 6.26 Å². The van der Waals surface area contributed by atoms with Gasteiger partial charge in [0.05, 0.1) is 11.2 Å². The van der Waals surface area contributed by atoms with E-state index in [9.17, 15) is 18.0 Å². The summed E-state index contributed by atoms with van der Waals surface area (Å²) in [4.78, 5) is 26.9. The number of nitrogens with zero attached hydrogens (tertiary/aromatic N) is 1. The normalized spacial score (nSPS) is 14.8. The third kappa shape index (κ3) is 5.50. The molecule has 33 heavy (non-hydrogen) atoms. The summed E-state index contributed by atoms with van der Waals surface area (Å²) in [6, 6.07) is 16.3. The maximum atomic E-state index is 12.9. The Morgan fingerprint density at radius 2 is 1.64 bits per heavy atom. The molecule has 1 aromatic heterocycles. The molecule has 0 radical (unpaired) electrons. The molecule has 1 saturated heterocycles. The van der Waals surface area contributed by atoms with Crippen molar-refractivity contribution in [3.63, 3.8) is 0 Å². The number of aryl methyl sites for hydroxylation is 1. The zero-order valence-corrected chi connectivity index (χ0v) is 19.0. The van der Waals surface area contributed by atoms with Gasteiger partial charge < -0.3 is 14.6 Å². The lowest BCUT2D eigenvalue weighted by Crippen LogP contribution is -2.46. The van der Waals surface area contributed by atoms with Crippen molar-refractivity contribution < 1.29 is 22.4 Å². The molecule has 0 aliphatic carbocycles. The van der Waals surface area contributed by atoms with E-state index < -0.39 is 10.0 Å². The van der Waals surface area contributed by atoms with Crippen LogP contribution in [-0.4, -0.2) is 44.3 Å². The highest BCUT2D eigenvalue weighted by Gasteiger charge is 2.27. The Bertz CT molecular complexity index is 1210. The van der Waals surface area contributed by atoms with Crippen LogP contribution in [0.2, 0.25) is 0 Å². The number of anilines is 1. The van der Waals surface area contributed by atoms with E-state index in [1.54, 1.807) is 65.6 Å². The molecular formula is C24H25N3O5S. The van der Waals surface area contributed by atoms with Crippen molar-refractivity contribution in [3.05, 3.63) is 83.8 Å². The van der Waals surface area contributed by atoms with Crippen LogP contribution in [-0.2, 0) is 10.0 Å². The molecule has 0 saturated carbocycles. The van der Waals surface area contributed by atoms with Gasteiger partial charge in [-0.2, -0.15) is 0 Å². The number of likely N-dealkylation sites (tertiary alicyclic amines) is 1. The molecule has 2 aromatic carbocycles. The molecule has 0 atom stereocenters. The van der Waals surface area contributed by atoms with Gasteiger partial charge in [-0.25, -0.2) is 13.1 Å². The lowest BCUT2D eigenvalue weighted by atomic mass is 10.0. The molecule has 8 nitrogen and oxygen atoms in total. The van der Waals surface area contributed by atoms with Crippen molar-refractivity contribution in [3.8, 4) is 0 Å². The molecule has 0 spiro atoms. The van der Waals surface area contributed by atoms with Crippen LogP contribution in [0, 0.1) is 6.92 Å². The average Bonchev–Trinajstić information content (AvgIpc) is 3.35. The van der Waals surface area contributed by atoms with Gasteiger partial charge >= 0.3 is 0 Å². The summed E-state index contributed by atoms with van der Waals surface area (Å²) in [5, 5.41) is 2.71. The number of furan rings is 1. The first-order chi connectivity index (χ1) is 15.8. The fraction of sp³-hybridized carbons (Fsp3) is 0.250. The predicted molar refractivity (Wildman–Crippen MR) is 124 cm³/mol. The Morgan fingerprint density at radius 3 is 2.24 bits per heavy atom. The highest BCUT2D eigenvalue weighted by atomic mass is 32.2. The van der Waals surface area contributed by atoms with Crippen LogP contribution in [0.4, 0.5) is 5.69 Å². The van der Waals surface area contributed by atoms with Gasteiger partial charge in [-0.1, -0.05) is 17.7 Å². The van der Waals surface area contributed by atoms with Crippen LogP contribution in [0.3, 0.4) is 0 Å². The Kier molecular flexibility index (Phi) is 6.62. The molecular weight excluding hydrogens is 442 g/mol. The number of carbonyl (C=O) groups is 2. The molecule has 9 heteroatoms. The maximum Gasteiger partial charge on any atom is 0.291 e. The molecule has 0 bridgehead atoms. The van der Waals surface area contributed by atoms with Crippen molar-refractivity contribution in [2.75, 3.05) is 18.4 Å². The number of sulfonamides is 1. The minimum atomic E-state index is -3.59. The standard InChI is InChI=1S/C24H25N3O5S/c1-17-4-10-21(11-5-17)33(30,31)26-20-12-14-27(15-13-20)24(29)18-6-8-19(9-7-18)25-23(28)22-3-2-16-32-22/h2-11,16,20,26H,12-15H2,1H3,(H,25,28). The third-order valence-electron chi connectivity index (χ3n) is 5.57. The molecule has 0 unspecified atom stereocenters. The third-order valence-corrected chi connectivity index (χ3v) is 7.11. The number of piperidine rings is 1. The molecule has 2 heterocycles. The first kappa shape index (κ1) is 22.8. The number of benzene rings is 2. The SMILES string of the molecule is Cc1ccc(S(=O)(=O)NC2CCN(C(=O)c3ccc(NC(=O)c4ccco4)cc3)CC2)cc1. The summed E-state index contributed by atoms with van der Waals surface area (Å²) in [6.45, 7) is 2.81. The van der Waals surface area contributed by atoms with E-state index in [4.69, 9.17) is 4.42 Å². The fourth-order valence-electron chi connectivity index (χ4n) is 3.68. The summed E-state index contributed by atoms with van der Waals surface area (Å²) in [7, 11) is -3.59. The molecule has 1 aliphatic rings. The molecule has 1 aliphatic heterocycles. The van der Waals surface area contributed by atoms with Crippen LogP contribution in [0.15, 0.2) is 76.2 Å². The molecule has 2 N–H and O–H groups in total. The Morgan fingerprint density at radius 1 is 0.970 bits per heavy atom. The largest absolute Gasteiger partial charge is 0.459 e. The number of amides is 2. The van der Waals surface area contributed by atoms with Gasteiger partial charge in [0.25, 0.3) is 11.8 Å². The Labute approximate surface area is 192 Å². The van der Waals surface area contributed by atoms with Gasteiger partial charge in [0.15, 0.2) is 5.76 Å². The fourth-order valence-corrected chi connectivity index (χ4v) is 4.99. The second kappa shape index (κ2) is 9.60. The van der Waals surface area contributed by atoms with Gasteiger partial charge in [0.1, 0.15) is 0 Å². The maximum absolute atomic E-state index is 12.9. The van der Waals surface area contributed by atoms with Crippen LogP contribution >= 0.6 is 0 Å². The van der Waals surface area contributed by atoms with Crippen molar-refractivity contribution in [1.29, 1.82) is 0 Å². The molecule has 4 rings (SSSR count). The topological polar surface area (TPSA) is 109 Å². The number of hydrogen-bond donors (Lipinski definition) is 2. The van der Waals surface area contributed by atoms with Crippen LogP contribution in [0.1, 0.15) is 39.3 Å². The quantitative estimate of drug-likeness (QED) is 0.577. The van der Waals surface area contributed by atoms with Gasteiger partial charge in [-0.3, -0.25) is 9.59 Å². The highest BCUT2D eigenvalue weighted by Crippen LogP contribution is 2.19. The van der Waals surface area contributed by atoms with Crippen LogP contribution in [0.5, 0.6) is 0 Å². The van der Waals surface area contributed by atoms with E-state index in [-0.39, 0.29) is 28.5 Å². The van der Waals surface area contributed by atoms with Crippen molar-refractivity contribution in [2.24, 2.45) is 0 Å². The van der Waals surface area contributed by atoms with Crippen molar-refractivity contribution >= 4 is 27.5 Å². The summed E-state index contributed by atoms with van der Waals surface area (Å²) in [5.74, 6) is -0.288. The van der Waals surface area contributed by atoms with Gasteiger partial charge in [-0.15, -0.1) is 0 Å². The minimum Gasteiger partial charge on any atom is -0.459 e. The van der Waals surface area contributed by atoms with Crippen LogP contribution in [0.25, 0.3) is 0 Å². The van der Waals surface area contributed by atoms with E-state index in [2.05, 4.69) is 10.0 Å². The smallest absolute Gasteiger partial charge is 0.291 e. The second-order valence-corrected chi connectivity index (χ2v) is 9.72. The summed E-state index contributed by atoms with van der Waals surface area (Å²) in [5.41, 5.74) is 2.05. The lowest BCUT2D eigenvalue weighted by molar-refractivity contribution is 0.0711. The van der Waals surface area contributed by atoms with Gasteiger partial charge in [-0.05, 0) is 68.3 Å². The summed E-state index contributed by atoms with van der Waals surface area (Å²) < 4.78 is 33.0. The average molecular weight is 468 g/mol. The second-order valence-electron chi connectivity index (χ2n) is 8.01. The number of carbonyl (C=O) groups excluding carboxylic acids is 2. The van der Waals surface area contributed by atoms with E-state index in [0.717, 1.165) is 5.56 Å². The lowest BCUT2D eigenvalue weighted by Gasteiger charge is -2.32. The predicted octanol–water partition coefficient (Wildman–Crippen LogP) is 3.42. The number of nitrogens with one attached hydrogen (secondary N) is 2. The van der Waals surface area contributed by atoms with E-state index >= 15 is 0 Å². The first-order valence-electron chi connectivity index (χ1n) is 10.6. The first-order valence-corrected chi connectivity index (χ1v) is 12.1. The van der Waals surface area contributed by atoms with E-state index in [0.29, 0.717) is 37.2 Å². The number of rotatable bonds is 6. The zero-order chi connectivity index (χ0) is 23.4. The van der Waals surface area contributed by atoms with E-state index in [1.807, 2.05) is 6.92 Å². The molecule has 2 amide bonds. The minimum absolute atomic E-state index is 0.126. The summed E-state index contributed by atoms with van der Waals surface area (Å²) >= 11 is 0.